The Bertz CT molecular complexity index is 639. The van der Waals surface area contributed by atoms with Gasteiger partial charge in [0.05, 0.1) is 6.20 Å². The molecule has 7 heteroatoms. The first-order valence-electron chi connectivity index (χ1n) is 7.74. The lowest BCUT2D eigenvalue weighted by Crippen LogP contribution is -2.39. The van der Waals surface area contributed by atoms with Gasteiger partial charge >= 0.3 is 0 Å². The predicted octanol–water partition coefficient (Wildman–Crippen LogP) is 3.67. The number of halogens is 2. The topological polar surface area (TPSA) is 45.5 Å². The molecule has 0 spiro atoms. The van der Waals surface area contributed by atoms with Crippen LogP contribution in [0.4, 0.5) is 0 Å². The fraction of sp³-hybridized carbons (Fsp3) is 0.412. The Morgan fingerprint density at radius 2 is 2.04 bits per heavy atom. The molecule has 5 nitrogen and oxygen atoms in total. The summed E-state index contributed by atoms with van der Waals surface area (Å²) in [6.07, 6.45) is 4.96. The molecule has 0 saturated heterocycles. The highest BCUT2D eigenvalue weighted by Gasteiger charge is 2.06. The summed E-state index contributed by atoms with van der Waals surface area (Å²) in [6, 6.07) is 8.36. The number of aryl methyl sites for hydroxylation is 2. The van der Waals surface area contributed by atoms with Crippen molar-refractivity contribution < 1.29 is 0 Å². The predicted molar refractivity (Wildman–Crippen MR) is 114 cm³/mol. The van der Waals surface area contributed by atoms with Crippen molar-refractivity contribution in [2.24, 2.45) is 4.99 Å². The van der Waals surface area contributed by atoms with Crippen LogP contribution in [0.15, 0.2) is 46.1 Å². The third-order valence-corrected chi connectivity index (χ3v) is 4.04. The summed E-state index contributed by atoms with van der Waals surface area (Å²) in [5.41, 5.74) is 2.45. The van der Waals surface area contributed by atoms with E-state index in [-0.39, 0.29) is 24.0 Å². The van der Waals surface area contributed by atoms with E-state index in [9.17, 15) is 0 Å². The molecule has 0 bridgehead atoms. The Labute approximate surface area is 169 Å². The van der Waals surface area contributed by atoms with E-state index in [1.807, 2.05) is 25.0 Å². The van der Waals surface area contributed by atoms with Crippen LogP contribution < -0.4 is 5.32 Å². The Morgan fingerprint density at radius 3 is 2.62 bits per heavy atom. The van der Waals surface area contributed by atoms with Gasteiger partial charge in [-0.2, -0.15) is 5.10 Å². The molecule has 0 aliphatic rings. The average Bonchev–Trinajstić information content (AvgIpc) is 2.95. The molecule has 1 aromatic heterocycles. The molecule has 0 saturated carbocycles. The summed E-state index contributed by atoms with van der Waals surface area (Å²) in [6.45, 7) is 4.66. The van der Waals surface area contributed by atoms with Gasteiger partial charge in [0.25, 0.3) is 0 Å². The fourth-order valence-electron chi connectivity index (χ4n) is 2.35. The molecule has 0 atom stereocenters. The van der Waals surface area contributed by atoms with E-state index in [0.717, 1.165) is 36.5 Å². The first-order valence-corrected chi connectivity index (χ1v) is 8.53. The third-order valence-electron chi connectivity index (χ3n) is 3.52. The van der Waals surface area contributed by atoms with Crippen molar-refractivity contribution in [1.82, 2.24) is 20.0 Å². The van der Waals surface area contributed by atoms with E-state index >= 15 is 0 Å². The lowest BCUT2D eigenvalue weighted by molar-refractivity contribution is 0.471. The number of guanidine groups is 1. The van der Waals surface area contributed by atoms with Crippen molar-refractivity contribution in [2.45, 2.75) is 26.4 Å². The number of hydrogen-bond acceptors (Lipinski definition) is 2. The van der Waals surface area contributed by atoms with Gasteiger partial charge in [-0.15, -0.1) is 24.0 Å². The molecule has 2 rings (SSSR count). The number of nitrogens with one attached hydrogen (secondary N) is 1. The molecule has 24 heavy (non-hydrogen) atoms. The van der Waals surface area contributed by atoms with E-state index < -0.39 is 0 Å². The molecule has 132 valence electrons. The highest BCUT2D eigenvalue weighted by molar-refractivity contribution is 14.0. The molecule has 0 amide bonds. The van der Waals surface area contributed by atoms with Crippen LogP contribution >= 0.6 is 39.9 Å². The molecule has 0 fully saturated rings. The van der Waals surface area contributed by atoms with E-state index in [1.54, 1.807) is 0 Å². The van der Waals surface area contributed by atoms with Crippen molar-refractivity contribution in [2.75, 3.05) is 20.6 Å². The first-order chi connectivity index (χ1) is 11.1. The zero-order valence-electron chi connectivity index (χ0n) is 14.4. The summed E-state index contributed by atoms with van der Waals surface area (Å²) >= 11 is 3.46. The van der Waals surface area contributed by atoms with Crippen LogP contribution in [0.2, 0.25) is 0 Å². The summed E-state index contributed by atoms with van der Waals surface area (Å²) in [5, 5.41) is 7.70. The molecule has 1 N–H and O–H groups in total. The van der Waals surface area contributed by atoms with Gasteiger partial charge in [-0.25, -0.2) is 0 Å². The molecule has 0 radical (unpaired) electrons. The van der Waals surface area contributed by atoms with E-state index in [0.29, 0.717) is 0 Å². The second-order valence-corrected chi connectivity index (χ2v) is 6.51. The number of benzene rings is 1. The number of aromatic nitrogens is 2. The molecule has 1 heterocycles. The minimum Gasteiger partial charge on any atom is -0.356 e. The molecule has 0 aliphatic carbocycles. The van der Waals surface area contributed by atoms with Crippen molar-refractivity contribution in [3.05, 3.63) is 52.3 Å². The minimum atomic E-state index is 0. The van der Waals surface area contributed by atoms with Crippen LogP contribution in [-0.4, -0.2) is 41.3 Å². The highest BCUT2D eigenvalue weighted by Crippen LogP contribution is 2.11. The molecular formula is C17H25BrIN5. The van der Waals surface area contributed by atoms with Crippen LogP contribution in [0.5, 0.6) is 0 Å². The van der Waals surface area contributed by atoms with Crippen molar-refractivity contribution in [1.29, 1.82) is 0 Å². The SMILES string of the molecule is CN=C(NCCCn1cc(C)cn1)N(C)Cc1ccc(Br)cc1.I. The maximum atomic E-state index is 4.35. The van der Waals surface area contributed by atoms with Crippen molar-refractivity contribution in [3.63, 3.8) is 0 Å². The lowest BCUT2D eigenvalue weighted by atomic mass is 10.2. The summed E-state index contributed by atoms with van der Waals surface area (Å²) in [4.78, 5) is 6.48. The molecular weight excluding hydrogens is 481 g/mol. The standard InChI is InChI=1S/C17H24BrN5.HI/c1-14-11-21-23(12-14)10-4-9-20-17(19-2)22(3)13-15-5-7-16(18)8-6-15;/h5-8,11-12H,4,9-10,13H2,1-3H3,(H,19,20);1H. The number of nitrogens with zero attached hydrogens (tertiary/aromatic N) is 4. The second kappa shape index (κ2) is 10.7. The minimum absolute atomic E-state index is 0. The van der Waals surface area contributed by atoms with Gasteiger partial charge in [0.1, 0.15) is 0 Å². The van der Waals surface area contributed by atoms with Crippen LogP contribution in [0, 0.1) is 6.92 Å². The van der Waals surface area contributed by atoms with Gasteiger partial charge in [0.2, 0.25) is 0 Å². The number of rotatable bonds is 6. The first kappa shape index (κ1) is 21.0. The Hall–Kier alpha value is -1.09. The highest BCUT2D eigenvalue weighted by atomic mass is 127. The summed E-state index contributed by atoms with van der Waals surface area (Å²) in [7, 11) is 3.87. The smallest absolute Gasteiger partial charge is 0.193 e. The number of aliphatic imine (C=N–C) groups is 1. The second-order valence-electron chi connectivity index (χ2n) is 5.59. The molecule has 1 aromatic carbocycles. The number of hydrogen-bond donors (Lipinski definition) is 1. The van der Waals surface area contributed by atoms with Gasteiger partial charge in [-0.05, 0) is 36.6 Å². The summed E-state index contributed by atoms with van der Waals surface area (Å²) in [5.74, 6) is 0.907. The Balaban J connectivity index is 0.00000288. The van der Waals surface area contributed by atoms with Crippen molar-refractivity contribution >= 4 is 45.9 Å². The molecule has 0 aliphatic heterocycles. The third kappa shape index (κ3) is 6.80. The fourth-order valence-corrected chi connectivity index (χ4v) is 2.62. The quantitative estimate of drug-likeness (QED) is 0.282. The lowest BCUT2D eigenvalue weighted by Gasteiger charge is -2.22. The Kier molecular flexibility index (Phi) is 9.35. The monoisotopic (exact) mass is 505 g/mol. The van der Waals surface area contributed by atoms with Crippen LogP contribution in [0.25, 0.3) is 0 Å². The van der Waals surface area contributed by atoms with Gasteiger partial charge in [0.15, 0.2) is 5.96 Å². The summed E-state index contributed by atoms with van der Waals surface area (Å²) < 4.78 is 3.07. The maximum absolute atomic E-state index is 4.35. The van der Waals surface area contributed by atoms with Crippen molar-refractivity contribution in [3.8, 4) is 0 Å². The van der Waals surface area contributed by atoms with Crippen LogP contribution in [0.1, 0.15) is 17.5 Å². The van der Waals surface area contributed by atoms with Crippen LogP contribution in [-0.2, 0) is 13.1 Å². The van der Waals surface area contributed by atoms with Gasteiger partial charge in [0, 0.05) is 44.4 Å². The van der Waals surface area contributed by atoms with Gasteiger partial charge in [-0.1, -0.05) is 28.1 Å². The van der Waals surface area contributed by atoms with E-state index in [2.05, 4.69) is 73.6 Å². The Morgan fingerprint density at radius 1 is 1.33 bits per heavy atom. The normalized spacial score (nSPS) is 11.1. The van der Waals surface area contributed by atoms with Gasteiger partial charge in [-0.3, -0.25) is 9.67 Å². The molecule has 0 unspecified atom stereocenters. The zero-order valence-corrected chi connectivity index (χ0v) is 18.3. The van der Waals surface area contributed by atoms with E-state index in [4.69, 9.17) is 0 Å². The average molecular weight is 506 g/mol. The largest absolute Gasteiger partial charge is 0.356 e. The zero-order chi connectivity index (χ0) is 16.7. The van der Waals surface area contributed by atoms with E-state index in [1.165, 1.54) is 11.1 Å². The molecule has 2 aromatic rings. The van der Waals surface area contributed by atoms with Crippen LogP contribution in [0.3, 0.4) is 0 Å². The van der Waals surface area contributed by atoms with Gasteiger partial charge < -0.3 is 10.2 Å². The maximum Gasteiger partial charge on any atom is 0.193 e.